The summed E-state index contributed by atoms with van der Waals surface area (Å²) < 4.78 is 70.9. The van der Waals surface area contributed by atoms with Crippen LogP contribution in [0.15, 0.2) is 152 Å². The zero-order chi connectivity index (χ0) is 44.6. The number of benzene rings is 6. The van der Waals surface area contributed by atoms with E-state index in [0.717, 1.165) is 33.5 Å². The molecule has 5 heteroatoms. The van der Waals surface area contributed by atoms with E-state index in [4.69, 9.17) is 14.6 Å². The number of para-hydroxylation sites is 2. The molecule has 0 fully saturated rings. The average Bonchev–Trinajstić information content (AvgIpc) is 3.63. The Morgan fingerprint density at radius 1 is 0.655 bits per heavy atom. The van der Waals surface area contributed by atoms with E-state index in [-0.39, 0.29) is 55.1 Å². The van der Waals surface area contributed by atoms with Gasteiger partial charge in [-0.2, -0.15) is 0 Å². The first-order valence-corrected chi connectivity index (χ1v) is 17.9. The molecule has 0 aliphatic rings. The fourth-order valence-electron chi connectivity index (χ4n) is 6.80. The van der Waals surface area contributed by atoms with Gasteiger partial charge >= 0.3 is 0 Å². The molecular weight excluding hydrogens is 854 g/mol. The Morgan fingerprint density at radius 3 is 2.09 bits per heavy atom. The van der Waals surface area contributed by atoms with Crippen molar-refractivity contribution in [2.45, 2.75) is 52.4 Å². The molecule has 4 nitrogen and oxygen atoms in total. The number of phenolic OH excluding ortho intramolecular Hbond substituents is 1. The van der Waals surface area contributed by atoms with E-state index in [0.29, 0.717) is 33.6 Å². The molecule has 276 valence electrons. The second kappa shape index (κ2) is 14.9. The Kier molecular flexibility index (Phi) is 7.82. The van der Waals surface area contributed by atoms with Gasteiger partial charge in [-0.05, 0) is 75.0 Å². The van der Waals surface area contributed by atoms with Crippen molar-refractivity contribution in [2.75, 3.05) is 0 Å². The minimum absolute atomic E-state index is 0. The fourth-order valence-corrected chi connectivity index (χ4v) is 6.80. The maximum Gasteiger partial charge on any atom is 0.148 e. The minimum Gasteiger partial charge on any atom is -0.507 e. The van der Waals surface area contributed by atoms with Gasteiger partial charge in [-0.15, -0.1) is 29.3 Å². The van der Waals surface area contributed by atoms with Gasteiger partial charge in [0.05, 0.1) is 27.6 Å². The van der Waals surface area contributed by atoms with Crippen molar-refractivity contribution in [1.29, 1.82) is 0 Å². The third kappa shape index (κ3) is 7.44. The zero-order valence-electron chi connectivity index (χ0n) is 39.4. The zero-order valence-corrected chi connectivity index (χ0v) is 33.7. The van der Waals surface area contributed by atoms with Crippen LogP contribution in [0.4, 0.5) is 0 Å². The van der Waals surface area contributed by atoms with Gasteiger partial charge in [-0.25, -0.2) is 4.98 Å². The number of rotatable bonds is 6. The van der Waals surface area contributed by atoms with Crippen LogP contribution in [0.1, 0.15) is 63.6 Å². The molecule has 1 N–H and O–H groups in total. The topological polar surface area (TPSA) is 50.9 Å². The van der Waals surface area contributed by atoms with Gasteiger partial charge in [0.2, 0.25) is 0 Å². The van der Waals surface area contributed by atoms with Gasteiger partial charge in [0.15, 0.2) is 0 Å². The van der Waals surface area contributed by atoms with Crippen LogP contribution in [-0.2, 0) is 31.9 Å². The SMILES string of the molecule is [2H]c1nc(-c2[c-]c(-c3cccc4c3nc(-c3ccccc3O)n4-c3ccc(-c4ccccc4)c(C(C)(C)C)c3)cc(C(C)(C)C)c2)c([2H])c(-c2c([2H])c([2H])c([2H])c([2H])c2[2H])c1[2H].[Pt]. The first kappa shape index (κ1) is 28.8. The van der Waals surface area contributed by atoms with Gasteiger partial charge in [-0.1, -0.05) is 150 Å². The molecular formula is C50H44N3OPt-. The van der Waals surface area contributed by atoms with Crippen LogP contribution < -0.4 is 0 Å². The van der Waals surface area contributed by atoms with E-state index < -0.39 is 47.8 Å². The summed E-state index contributed by atoms with van der Waals surface area (Å²) in [5, 5.41) is 11.3. The van der Waals surface area contributed by atoms with Crippen molar-refractivity contribution in [3.8, 4) is 67.5 Å². The standard InChI is InChI=1S/C50H44N3O.Pt/c1-49(2,3)38-29-36(28-37(30-38)44-31-35(26-27-51-44)33-16-9-7-10-17-33)41-21-15-22-45-47(41)52-48(42-20-13-14-23-46(42)54)53(45)39-24-25-40(34-18-11-8-12-19-34)43(32-39)50(4,5)6;/h7-27,29-32,54H,1-6H3;/q-1;/i7D,9D,10D,16D,17D,26D,27D,31D;. The Labute approximate surface area is 350 Å². The number of imidazole rings is 1. The second-order valence-electron chi connectivity index (χ2n) is 15.5. The molecule has 0 radical (unpaired) electrons. The fraction of sp³-hybridized carbons (Fsp3) is 0.160. The van der Waals surface area contributed by atoms with Crippen molar-refractivity contribution in [3.05, 3.63) is 169 Å². The van der Waals surface area contributed by atoms with Crippen molar-refractivity contribution in [2.24, 2.45) is 0 Å². The van der Waals surface area contributed by atoms with Crippen LogP contribution in [0, 0.1) is 6.07 Å². The quantitative estimate of drug-likeness (QED) is 0.169. The molecule has 0 saturated carbocycles. The van der Waals surface area contributed by atoms with E-state index in [1.807, 2.05) is 81.4 Å². The Morgan fingerprint density at radius 2 is 1.36 bits per heavy atom. The third-order valence-corrected chi connectivity index (χ3v) is 9.61. The van der Waals surface area contributed by atoms with Crippen molar-refractivity contribution >= 4 is 11.0 Å². The van der Waals surface area contributed by atoms with E-state index in [9.17, 15) is 6.48 Å². The molecule has 8 rings (SSSR count). The number of hydrogen-bond donors (Lipinski definition) is 1. The van der Waals surface area contributed by atoms with E-state index in [1.165, 1.54) is 0 Å². The molecule has 0 atom stereocenters. The monoisotopic (exact) mass is 905 g/mol. The maximum absolute atomic E-state index is 11.3. The molecule has 2 aromatic heterocycles. The summed E-state index contributed by atoms with van der Waals surface area (Å²) in [5.74, 6) is 0.590. The molecule has 55 heavy (non-hydrogen) atoms. The predicted molar refractivity (Wildman–Crippen MR) is 224 cm³/mol. The number of nitrogens with zero attached hydrogens (tertiary/aromatic N) is 3. The molecule has 0 aliphatic carbocycles. The number of fused-ring (bicyclic) bond motifs is 1. The number of aromatic hydroxyl groups is 1. The molecule has 0 unspecified atom stereocenters. The molecule has 2 heterocycles. The van der Waals surface area contributed by atoms with Gasteiger partial charge in [-0.3, -0.25) is 9.55 Å². The molecule has 0 aliphatic heterocycles. The summed E-state index contributed by atoms with van der Waals surface area (Å²) in [5.41, 5.74) is 7.26. The molecule has 6 aromatic carbocycles. The van der Waals surface area contributed by atoms with Crippen LogP contribution in [0.3, 0.4) is 0 Å². The number of aromatic nitrogens is 3. The predicted octanol–water partition coefficient (Wildman–Crippen LogP) is 12.9. The molecule has 8 aromatic rings. The summed E-state index contributed by atoms with van der Waals surface area (Å²) in [6, 6.07) is 33.1. The summed E-state index contributed by atoms with van der Waals surface area (Å²) in [6.45, 7) is 12.7. The molecule has 0 bridgehead atoms. The van der Waals surface area contributed by atoms with Crippen LogP contribution >= 0.6 is 0 Å². The summed E-state index contributed by atoms with van der Waals surface area (Å²) >= 11 is 0. The molecule has 0 saturated heterocycles. The van der Waals surface area contributed by atoms with Crippen LogP contribution in [-0.4, -0.2) is 19.6 Å². The summed E-state index contributed by atoms with van der Waals surface area (Å²) in [6.07, 6.45) is -0.519. The normalized spacial score (nSPS) is 13.8. The Bertz CT molecular complexity index is 3070. The molecule has 0 amide bonds. The first-order valence-electron chi connectivity index (χ1n) is 21.9. The van der Waals surface area contributed by atoms with Crippen LogP contribution in [0.2, 0.25) is 0 Å². The smallest absolute Gasteiger partial charge is 0.148 e. The number of pyridine rings is 1. The molecule has 0 spiro atoms. The summed E-state index contributed by atoms with van der Waals surface area (Å²) in [7, 11) is 0. The van der Waals surface area contributed by atoms with Crippen molar-refractivity contribution < 1.29 is 37.1 Å². The van der Waals surface area contributed by atoms with Crippen molar-refractivity contribution in [1.82, 2.24) is 14.5 Å². The largest absolute Gasteiger partial charge is 0.507 e. The first-order chi connectivity index (χ1) is 29.3. The average molecular weight is 906 g/mol. The van der Waals surface area contributed by atoms with E-state index >= 15 is 0 Å². The third-order valence-electron chi connectivity index (χ3n) is 9.61. The second-order valence-corrected chi connectivity index (χ2v) is 15.5. The Balaban J connectivity index is 0.00000595. The number of phenols is 1. The van der Waals surface area contributed by atoms with Crippen LogP contribution in [0.25, 0.3) is 72.7 Å². The number of hydrogen-bond acceptors (Lipinski definition) is 3. The van der Waals surface area contributed by atoms with Gasteiger partial charge in [0.25, 0.3) is 0 Å². The van der Waals surface area contributed by atoms with Crippen LogP contribution in [0.5, 0.6) is 5.75 Å². The minimum atomic E-state index is -0.606. The maximum atomic E-state index is 11.3. The van der Waals surface area contributed by atoms with E-state index in [1.54, 1.807) is 12.1 Å². The van der Waals surface area contributed by atoms with Crippen molar-refractivity contribution in [3.63, 3.8) is 0 Å². The summed E-state index contributed by atoms with van der Waals surface area (Å²) in [4.78, 5) is 9.68. The van der Waals surface area contributed by atoms with E-state index in [2.05, 4.69) is 66.7 Å². The van der Waals surface area contributed by atoms with Gasteiger partial charge in [0, 0.05) is 38.6 Å². The van der Waals surface area contributed by atoms with Gasteiger partial charge < -0.3 is 5.11 Å². The Hall–Kier alpha value is -5.57. The van der Waals surface area contributed by atoms with Gasteiger partial charge in [0.1, 0.15) is 11.6 Å².